The van der Waals surface area contributed by atoms with E-state index in [1.807, 2.05) is 0 Å². The third kappa shape index (κ3) is 1.87. The van der Waals surface area contributed by atoms with Crippen molar-refractivity contribution < 1.29 is 0 Å². The Hall–Kier alpha value is -0.860. The molecule has 0 heterocycles. The largest absolute Gasteiger partial charge is 0.329 e. The highest BCUT2D eigenvalue weighted by Crippen LogP contribution is 2.31. The van der Waals surface area contributed by atoms with Crippen LogP contribution in [0.1, 0.15) is 30.4 Å². The molecule has 1 aromatic carbocycles. The predicted octanol–water partition coefficient (Wildman–Crippen LogP) is 1.62. The van der Waals surface area contributed by atoms with Gasteiger partial charge < -0.3 is 11.1 Å². The Labute approximate surface area is 97.2 Å². The van der Waals surface area contributed by atoms with Crippen LogP contribution in [0.4, 0.5) is 0 Å². The van der Waals surface area contributed by atoms with Crippen molar-refractivity contribution in [2.45, 2.75) is 43.7 Å². The minimum absolute atomic E-state index is 0.176. The first kappa shape index (κ1) is 10.3. The summed E-state index contributed by atoms with van der Waals surface area (Å²) in [5, 5.41) is 3.77. The van der Waals surface area contributed by atoms with Crippen molar-refractivity contribution in [1.82, 2.24) is 5.32 Å². The van der Waals surface area contributed by atoms with E-state index in [2.05, 4.69) is 29.6 Å². The summed E-state index contributed by atoms with van der Waals surface area (Å²) in [6.45, 7) is 0.762. The van der Waals surface area contributed by atoms with E-state index in [1.54, 1.807) is 0 Å². The molecule has 2 nitrogen and oxygen atoms in total. The van der Waals surface area contributed by atoms with Gasteiger partial charge in [-0.05, 0) is 43.2 Å². The topological polar surface area (TPSA) is 38.0 Å². The standard InChI is InChI=1S/C14H20N2/c15-10-14(16-13-5-6-13)8-7-11-3-1-2-4-12(11)9-14/h1-4,13,16H,5-10,15H2/t14-/m1/s1. The monoisotopic (exact) mass is 216 g/mol. The molecule has 0 saturated heterocycles. The lowest BCUT2D eigenvalue weighted by Crippen LogP contribution is -2.55. The van der Waals surface area contributed by atoms with Crippen LogP contribution in [0.2, 0.25) is 0 Å². The molecule has 2 aliphatic rings. The highest BCUT2D eigenvalue weighted by atomic mass is 15.1. The van der Waals surface area contributed by atoms with E-state index >= 15 is 0 Å². The van der Waals surface area contributed by atoms with Crippen LogP contribution < -0.4 is 11.1 Å². The van der Waals surface area contributed by atoms with Gasteiger partial charge >= 0.3 is 0 Å². The summed E-state index contributed by atoms with van der Waals surface area (Å²) >= 11 is 0. The number of aryl methyl sites for hydroxylation is 1. The summed E-state index contributed by atoms with van der Waals surface area (Å²) in [5.41, 5.74) is 9.20. The van der Waals surface area contributed by atoms with Gasteiger partial charge in [-0.3, -0.25) is 0 Å². The van der Waals surface area contributed by atoms with Crippen molar-refractivity contribution >= 4 is 0 Å². The number of rotatable bonds is 3. The third-order valence-corrected chi connectivity index (χ3v) is 4.00. The zero-order valence-corrected chi connectivity index (χ0v) is 9.71. The van der Waals surface area contributed by atoms with E-state index in [0.717, 1.165) is 19.0 Å². The summed E-state index contributed by atoms with van der Waals surface area (Å²) in [5.74, 6) is 0. The van der Waals surface area contributed by atoms with Crippen molar-refractivity contribution in [3.05, 3.63) is 35.4 Å². The molecule has 0 aliphatic heterocycles. The molecule has 1 atom stereocenters. The van der Waals surface area contributed by atoms with Gasteiger partial charge in [0.15, 0.2) is 0 Å². The third-order valence-electron chi connectivity index (χ3n) is 4.00. The van der Waals surface area contributed by atoms with Crippen LogP contribution >= 0.6 is 0 Å². The zero-order chi connectivity index (χ0) is 11.0. The van der Waals surface area contributed by atoms with E-state index in [9.17, 15) is 0 Å². The lowest BCUT2D eigenvalue weighted by molar-refractivity contribution is 0.290. The molecule has 86 valence electrons. The molecular weight excluding hydrogens is 196 g/mol. The molecule has 1 aromatic rings. The lowest BCUT2D eigenvalue weighted by Gasteiger charge is -2.38. The Bertz CT molecular complexity index is 384. The fourth-order valence-corrected chi connectivity index (χ4v) is 2.82. The highest BCUT2D eigenvalue weighted by Gasteiger charge is 2.37. The Balaban J connectivity index is 1.83. The summed E-state index contributed by atoms with van der Waals surface area (Å²) < 4.78 is 0. The van der Waals surface area contributed by atoms with Gasteiger partial charge in [-0.2, -0.15) is 0 Å². The Morgan fingerprint density at radius 1 is 1.25 bits per heavy atom. The molecule has 16 heavy (non-hydrogen) atoms. The molecule has 3 rings (SSSR count). The van der Waals surface area contributed by atoms with E-state index in [0.29, 0.717) is 0 Å². The molecule has 0 aromatic heterocycles. The van der Waals surface area contributed by atoms with Gasteiger partial charge in [0.2, 0.25) is 0 Å². The summed E-state index contributed by atoms with van der Waals surface area (Å²) in [4.78, 5) is 0. The van der Waals surface area contributed by atoms with Crippen LogP contribution in [0.25, 0.3) is 0 Å². The molecular formula is C14H20N2. The van der Waals surface area contributed by atoms with Crippen LogP contribution in [-0.4, -0.2) is 18.1 Å². The Morgan fingerprint density at radius 3 is 2.69 bits per heavy atom. The Kier molecular flexibility index (Phi) is 2.49. The second kappa shape index (κ2) is 3.86. The van der Waals surface area contributed by atoms with Crippen LogP contribution in [0.5, 0.6) is 0 Å². The average molecular weight is 216 g/mol. The van der Waals surface area contributed by atoms with Gasteiger partial charge in [0.25, 0.3) is 0 Å². The summed E-state index contributed by atoms with van der Waals surface area (Å²) in [6.07, 6.45) is 6.15. The fourth-order valence-electron chi connectivity index (χ4n) is 2.82. The van der Waals surface area contributed by atoms with E-state index in [4.69, 9.17) is 5.73 Å². The molecule has 0 bridgehead atoms. The number of nitrogens with two attached hydrogens (primary N) is 1. The summed E-state index contributed by atoms with van der Waals surface area (Å²) in [7, 11) is 0. The zero-order valence-electron chi connectivity index (χ0n) is 9.71. The lowest BCUT2D eigenvalue weighted by atomic mass is 9.78. The first-order valence-corrected chi connectivity index (χ1v) is 6.36. The highest BCUT2D eigenvalue weighted by molar-refractivity contribution is 5.32. The van der Waals surface area contributed by atoms with Gasteiger partial charge in [-0.1, -0.05) is 24.3 Å². The van der Waals surface area contributed by atoms with E-state index in [-0.39, 0.29) is 5.54 Å². The first-order chi connectivity index (χ1) is 7.81. The average Bonchev–Trinajstić information content (AvgIpc) is 3.13. The molecule has 0 unspecified atom stereocenters. The molecule has 0 radical (unpaired) electrons. The first-order valence-electron chi connectivity index (χ1n) is 6.36. The SMILES string of the molecule is NC[C@@]1(NC2CC2)CCc2ccccc2C1. The van der Waals surface area contributed by atoms with Gasteiger partial charge in [-0.25, -0.2) is 0 Å². The second-order valence-corrected chi connectivity index (χ2v) is 5.35. The van der Waals surface area contributed by atoms with Crippen LogP contribution in [-0.2, 0) is 12.8 Å². The van der Waals surface area contributed by atoms with Crippen LogP contribution in [0.15, 0.2) is 24.3 Å². The minimum Gasteiger partial charge on any atom is -0.329 e. The van der Waals surface area contributed by atoms with Gasteiger partial charge in [0, 0.05) is 18.1 Å². The minimum atomic E-state index is 0.176. The Morgan fingerprint density at radius 2 is 2.00 bits per heavy atom. The van der Waals surface area contributed by atoms with Gasteiger partial charge in [-0.15, -0.1) is 0 Å². The molecule has 1 fully saturated rings. The fraction of sp³-hybridized carbons (Fsp3) is 0.571. The second-order valence-electron chi connectivity index (χ2n) is 5.35. The smallest absolute Gasteiger partial charge is 0.0350 e. The number of nitrogens with one attached hydrogen (secondary N) is 1. The predicted molar refractivity (Wildman–Crippen MR) is 66.4 cm³/mol. The summed E-state index contributed by atoms with van der Waals surface area (Å²) in [6, 6.07) is 9.54. The molecule has 2 heteroatoms. The van der Waals surface area contributed by atoms with Gasteiger partial charge in [0.05, 0.1) is 0 Å². The maximum Gasteiger partial charge on any atom is 0.0350 e. The van der Waals surface area contributed by atoms with Crippen molar-refractivity contribution in [1.29, 1.82) is 0 Å². The van der Waals surface area contributed by atoms with E-state index in [1.165, 1.54) is 36.8 Å². The van der Waals surface area contributed by atoms with Crippen molar-refractivity contribution in [2.75, 3.05) is 6.54 Å². The molecule has 0 spiro atoms. The number of hydrogen-bond donors (Lipinski definition) is 2. The molecule has 1 saturated carbocycles. The normalized spacial score (nSPS) is 28.8. The number of hydrogen-bond acceptors (Lipinski definition) is 2. The van der Waals surface area contributed by atoms with Gasteiger partial charge in [0.1, 0.15) is 0 Å². The maximum atomic E-state index is 6.01. The van der Waals surface area contributed by atoms with Crippen molar-refractivity contribution in [2.24, 2.45) is 5.73 Å². The van der Waals surface area contributed by atoms with Crippen LogP contribution in [0.3, 0.4) is 0 Å². The number of benzene rings is 1. The molecule has 3 N–H and O–H groups in total. The number of fused-ring (bicyclic) bond motifs is 1. The molecule has 2 aliphatic carbocycles. The quantitative estimate of drug-likeness (QED) is 0.806. The maximum absolute atomic E-state index is 6.01. The molecule has 0 amide bonds. The van der Waals surface area contributed by atoms with E-state index < -0.39 is 0 Å². The van der Waals surface area contributed by atoms with Crippen LogP contribution in [0, 0.1) is 0 Å². The van der Waals surface area contributed by atoms with Crippen molar-refractivity contribution in [3.63, 3.8) is 0 Å². The van der Waals surface area contributed by atoms with Crippen molar-refractivity contribution in [3.8, 4) is 0 Å².